The highest BCUT2D eigenvalue weighted by atomic mass is 32.2. The van der Waals surface area contributed by atoms with Crippen molar-refractivity contribution in [2.45, 2.75) is 34.8 Å². The fourth-order valence-electron chi connectivity index (χ4n) is 4.56. The van der Waals surface area contributed by atoms with Gasteiger partial charge >= 0.3 is 6.18 Å². The average molecular weight is 473 g/mol. The van der Waals surface area contributed by atoms with Crippen molar-refractivity contribution < 1.29 is 39.8 Å². The molecule has 5 nitrogen and oxygen atoms in total. The van der Waals surface area contributed by atoms with Gasteiger partial charge in [0.25, 0.3) is 0 Å². The Morgan fingerprint density at radius 1 is 1.09 bits per heavy atom. The summed E-state index contributed by atoms with van der Waals surface area (Å²) < 4.78 is 105. The van der Waals surface area contributed by atoms with Crippen LogP contribution in [0.25, 0.3) is 0 Å². The minimum absolute atomic E-state index is 0.282. The van der Waals surface area contributed by atoms with Gasteiger partial charge in [0.05, 0.1) is 41.2 Å². The molecule has 0 aromatic heterocycles. The van der Waals surface area contributed by atoms with Gasteiger partial charge in [-0.15, -0.1) is 0 Å². The Hall–Kier alpha value is -2.71. The zero-order valence-electron chi connectivity index (χ0n) is 16.5. The van der Waals surface area contributed by atoms with Crippen molar-refractivity contribution in [3.63, 3.8) is 0 Å². The number of benzene rings is 2. The maximum absolute atomic E-state index is 15.1. The summed E-state index contributed by atoms with van der Waals surface area (Å²) in [5.74, 6) is -3.94. The molecule has 2 aromatic rings. The molecule has 170 valence electrons. The van der Waals surface area contributed by atoms with Crippen LogP contribution in [0.3, 0.4) is 0 Å². The van der Waals surface area contributed by atoms with Gasteiger partial charge in [-0.1, -0.05) is 0 Å². The lowest BCUT2D eigenvalue weighted by molar-refractivity contribution is -0.137. The number of fused-ring (bicyclic) bond motifs is 3. The first-order chi connectivity index (χ1) is 14.9. The van der Waals surface area contributed by atoms with Crippen LogP contribution < -0.4 is 4.74 Å². The summed E-state index contributed by atoms with van der Waals surface area (Å²) in [7, 11) is -4.66. The van der Waals surface area contributed by atoms with Crippen LogP contribution in [0.5, 0.6) is 5.75 Å². The average Bonchev–Trinajstić information content (AvgIpc) is 2.75. The zero-order valence-corrected chi connectivity index (χ0v) is 17.4. The van der Waals surface area contributed by atoms with E-state index in [2.05, 4.69) is 0 Å². The number of nitriles is 1. The van der Waals surface area contributed by atoms with Gasteiger partial charge in [-0.05, 0) is 49.7 Å². The molecular weight excluding hydrogens is 457 g/mol. The molecule has 0 bridgehead atoms. The van der Waals surface area contributed by atoms with E-state index in [4.69, 9.17) is 9.47 Å². The molecule has 0 amide bonds. The number of sulfone groups is 1. The van der Waals surface area contributed by atoms with Crippen LogP contribution in [0.1, 0.15) is 24.5 Å². The zero-order chi connectivity index (χ0) is 23.5. The molecular formula is C21H16F5NO4S. The van der Waals surface area contributed by atoms with Crippen LogP contribution in [-0.4, -0.2) is 27.2 Å². The summed E-state index contributed by atoms with van der Waals surface area (Å²) in [4.78, 5) is -0.519. The first kappa shape index (κ1) is 22.5. The maximum Gasteiger partial charge on any atom is 0.416 e. The third-order valence-electron chi connectivity index (χ3n) is 6.17. The Kier molecular flexibility index (Phi) is 5.02. The number of hydrogen-bond donors (Lipinski definition) is 0. The minimum atomic E-state index is -4.69. The highest BCUT2D eigenvalue weighted by Crippen LogP contribution is 2.57. The molecule has 3 atom stereocenters. The van der Waals surface area contributed by atoms with E-state index in [0.29, 0.717) is 12.1 Å². The topological polar surface area (TPSA) is 76.4 Å². The standard InChI is InChI=1S/C21H16F5NO4S/c1-19(11-27)16-10-30-18-15(23)7-6-14(22)17(18)20(16,8-9-31-19)32(28,29)13-4-2-12(3-5-13)21(24,25)26/h2-7,16H,8-10H2,1H3/t16-,19-,20?/m1/s1. The monoisotopic (exact) mass is 473 g/mol. The summed E-state index contributed by atoms with van der Waals surface area (Å²) >= 11 is 0. The van der Waals surface area contributed by atoms with E-state index in [1.807, 2.05) is 6.07 Å². The number of rotatable bonds is 2. The van der Waals surface area contributed by atoms with E-state index in [1.54, 1.807) is 0 Å². The molecule has 1 fully saturated rings. The second kappa shape index (κ2) is 7.15. The SMILES string of the molecule is C[C@]1(C#N)OCCC2(S(=O)(=O)c3ccc(C(F)(F)F)cc3)c3c(F)ccc(F)c3OC[C@@H]21. The lowest BCUT2D eigenvalue weighted by Gasteiger charge is -2.52. The smallest absolute Gasteiger partial charge is 0.416 e. The molecule has 0 aliphatic carbocycles. The summed E-state index contributed by atoms with van der Waals surface area (Å²) in [6, 6.07) is 6.18. The predicted octanol–water partition coefficient (Wildman–Crippen LogP) is 4.36. The molecule has 2 aliphatic rings. The number of hydrogen-bond acceptors (Lipinski definition) is 5. The van der Waals surface area contributed by atoms with Crippen LogP contribution in [-0.2, 0) is 25.5 Å². The fourth-order valence-corrected chi connectivity index (χ4v) is 6.96. The Morgan fingerprint density at radius 2 is 1.72 bits per heavy atom. The van der Waals surface area contributed by atoms with Crippen molar-refractivity contribution in [2.24, 2.45) is 5.92 Å². The van der Waals surface area contributed by atoms with Crippen LogP contribution in [0, 0.1) is 28.9 Å². The first-order valence-corrected chi connectivity index (χ1v) is 11.0. The van der Waals surface area contributed by atoms with Crippen molar-refractivity contribution in [3.05, 3.63) is 59.2 Å². The van der Waals surface area contributed by atoms with Crippen LogP contribution >= 0.6 is 0 Å². The molecule has 1 unspecified atom stereocenters. The van der Waals surface area contributed by atoms with Crippen molar-refractivity contribution in [2.75, 3.05) is 13.2 Å². The Morgan fingerprint density at radius 3 is 2.31 bits per heavy atom. The highest BCUT2D eigenvalue weighted by Gasteiger charge is 2.65. The molecule has 2 aromatic carbocycles. The lowest BCUT2D eigenvalue weighted by atomic mass is 9.71. The van der Waals surface area contributed by atoms with E-state index in [9.17, 15) is 31.2 Å². The van der Waals surface area contributed by atoms with Crippen LogP contribution in [0.15, 0.2) is 41.3 Å². The largest absolute Gasteiger partial charge is 0.490 e. The van der Waals surface area contributed by atoms with Gasteiger partial charge in [0.1, 0.15) is 10.6 Å². The summed E-state index contributed by atoms with van der Waals surface area (Å²) in [6.45, 7) is 0.562. The molecule has 32 heavy (non-hydrogen) atoms. The number of alkyl halides is 3. The van der Waals surface area contributed by atoms with Crippen molar-refractivity contribution >= 4 is 9.84 Å². The van der Waals surface area contributed by atoms with Crippen LogP contribution in [0.2, 0.25) is 0 Å². The summed E-state index contributed by atoms with van der Waals surface area (Å²) in [5, 5.41) is 9.72. The molecule has 0 saturated carbocycles. The van der Waals surface area contributed by atoms with Gasteiger partial charge in [-0.25, -0.2) is 17.2 Å². The van der Waals surface area contributed by atoms with Crippen molar-refractivity contribution in [1.29, 1.82) is 5.26 Å². The van der Waals surface area contributed by atoms with E-state index in [0.717, 1.165) is 24.3 Å². The van der Waals surface area contributed by atoms with Gasteiger partial charge in [0.2, 0.25) is 0 Å². The van der Waals surface area contributed by atoms with Gasteiger partial charge in [0.15, 0.2) is 27.0 Å². The molecule has 2 heterocycles. The van der Waals surface area contributed by atoms with Gasteiger partial charge in [0, 0.05) is 0 Å². The van der Waals surface area contributed by atoms with Gasteiger partial charge in [-0.2, -0.15) is 18.4 Å². The molecule has 2 aliphatic heterocycles. The van der Waals surface area contributed by atoms with E-state index < -0.39 is 72.3 Å². The Bertz CT molecular complexity index is 1220. The minimum Gasteiger partial charge on any atom is -0.490 e. The maximum atomic E-state index is 15.1. The number of nitrogens with zero attached hydrogens (tertiary/aromatic N) is 1. The summed E-state index contributed by atoms with van der Waals surface area (Å²) in [5.41, 5.74) is -3.39. The van der Waals surface area contributed by atoms with E-state index in [1.165, 1.54) is 6.92 Å². The fraction of sp³-hybridized carbons (Fsp3) is 0.381. The lowest BCUT2D eigenvalue weighted by Crippen LogP contribution is -2.61. The van der Waals surface area contributed by atoms with Crippen molar-refractivity contribution in [1.82, 2.24) is 0 Å². The Labute approximate surface area is 180 Å². The quantitative estimate of drug-likeness (QED) is 0.606. The molecule has 0 radical (unpaired) electrons. The molecule has 11 heteroatoms. The predicted molar refractivity (Wildman–Crippen MR) is 100 cm³/mol. The third kappa shape index (κ3) is 3.00. The van der Waals surface area contributed by atoms with Crippen molar-refractivity contribution in [3.8, 4) is 11.8 Å². The first-order valence-electron chi connectivity index (χ1n) is 9.47. The van der Waals surface area contributed by atoms with Gasteiger partial charge < -0.3 is 9.47 Å². The molecule has 0 spiro atoms. The molecule has 1 saturated heterocycles. The number of halogens is 5. The third-order valence-corrected chi connectivity index (χ3v) is 8.72. The normalized spacial score (nSPS) is 27.6. The number of ether oxygens (including phenoxy) is 2. The highest BCUT2D eigenvalue weighted by molar-refractivity contribution is 7.92. The second-order valence-corrected chi connectivity index (χ2v) is 10.0. The molecule has 0 N–H and O–H groups in total. The Balaban J connectivity index is 2.02. The van der Waals surface area contributed by atoms with E-state index in [-0.39, 0.29) is 13.0 Å². The second-order valence-electron chi connectivity index (χ2n) is 7.83. The summed E-state index contributed by atoms with van der Waals surface area (Å²) in [6.07, 6.45) is -5.04. The van der Waals surface area contributed by atoms with Crippen LogP contribution in [0.4, 0.5) is 22.0 Å². The van der Waals surface area contributed by atoms with Gasteiger partial charge in [-0.3, -0.25) is 0 Å². The molecule has 4 rings (SSSR count). The van der Waals surface area contributed by atoms with E-state index >= 15 is 4.39 Å².